The zero-order valence-corrected chi connectivity index (χ0v) is 14.2. The Kier molecular flexibility index (Phi) is 7.65. The zero-order valence-electron chi connectivity index (χ0n) is 13.2. The van der Waals surface area contributed by atoms with Gasteiger partial charge in [0.1, 0.15) is 5.75 Å². The van der Waals surface area contributed by atoms with E-state index in [2.05, 4.69) is 4.52 Å². The molecule has 0 aliphatic heterocycles. The molecule has 0 fully saturated rings. The first-order chi connectivity index (χ1) is 10.3. The molecular weight excluding hydrogens is 294 g/mol. The molecule has 0 amide bonds. The predicted octanol–water partition coefficient (Wildman–Crippen LogP) is 3.37. The minimum absolute atomic E-state index is 0.157. The fraction of sp³-hybridized carbons (Fsp3) is 0.188. The summed E-state index contributed by atoms with van der Waals surface area (Å²) in [6, 6.07) is 12.6. The minimum atomic E-state index is -2.84. The third-order valence-electron chi connectivity index (χ3n) is 2.98. The van der Waals surface area contributed by atoms with Crippen molar-refractivity contribution < 1.29 is 18.8 Å². The molecule has 1 atom stereocenters. The molecule has 0 aliphatic carbocycles. The van der Waals surface area contributed by atoms with Gasteiger partial charge >= 0.3 is 90.4 Å². The van der Waals surface area contributed by atoms with Crippen molar-refractivity contribution in [3.63, 3.8) is 0 Å². The quantitative estimate of drug-likeness (QED) is 0.697. The predicted molar refractivity (Wildman–Crippen MR) is 89.0 cm³/mol. The normalized spacial score (nSPS) is 11.2. The van der Waals surface area contributed by atoms with Crippen LogP contribution in [0.1, 0.15) is 27.0 Å². The Bertz CT molecular complexity index is 648. The molecule has 1 unspecified atom stereocenters. The van der Waals surface area contributed by atoms with E-state index >= 15 is 0 Å². The summed E-state index contributed by atoms with van der Waals surface area (Å²) in [6.45, 7) is 6.01. The van der Waals surface area contributed by atoms with Crippen LogP contribution in [0.5, 0.6) is 5.75 Å². The van der Waals surface area contributed by atoms with Crippen molar-refractivity contribution in [3.05, 3.63) is 64.7 Å². The number of hydrogen-bond acceptors (Lipinski definition) is 3. The summed E-state index contributed by atoms with van der Waals surface area (Å²) in [5, 5.41) is 0. The van der Waals surface area contributed by atoms with E-state index < -0.39 is 8.25 Å². The maximum absolute atomic E-state index is 11.2. The van der Waals surface area contributed by atoms with Crippen LogP contribution in [0.4, 0.5) is 0 Å². The molecule has 0 heterocycles. The fourth-order valence-corrected chi connectivity index (χ4v) is 2.66. The van der Waals surface area contributed by atoms with E-state index in [1.165, 1.54) is 5.56 Å². The van der Waals surface area contributed by atoms with Crippen LogP contribution >= 0.6 is 8.25 Å². The topological polar surface area (TPSA) is 63.6 Å². The second-order valence-corrected chi connectivity index (χ2v) is 5.75. The van der Waals surface area contributed by atoms with Crippen molar-refractivity contribution >= 4 is 30.4 Å². The zero-order chi connectivity index (χ0) is 16.7. The van der Waals surface area contributed by atoms with Gasteiger partial charge in [-0.25, -0.2) is 4.57 Å². The third kappa shape index (κ3) is 6.21. The summed E-state index contributed by atoms with van der Waals surface area (Å²) in [5.74, 6) is 0.425. The van der Waals surface area contributed by atoms with E-state index in [0.29, 0.717) is 5.75 Å². The van der Waals surface area contributed by atoms with E-state index in [-0.39, 0.29) is 4.46 Å². The molecule has 0 bridgehead atoms. The van der Waals surface area contributed by atoms with E-state index in [9.17, 15) is 9.36 Å². The average Bonchev–Trinajstić information content (AvgIpc) is 2.37. The van der Waals surface area contributed by atoms with Crippen molar-refractivity contribution in [2.45, 2.75) is 20.8 Å². The Balaban J connectivity index is 0.000000224. The molecule has 0 radical (unpaired) electrons. The maximum atomic E-state index is 11.2. The Labute approximate surface area is 140 Å². The Morgan fingerprint density at radius 1 is 1.09 bits per heavy atom. The molecule has 0 saturated carbocycles. The second kappa shape index (κ2) is 8.98. The first kappa shape index (κ1) is 18.7. The van der Waals surface area contributed by atoms with Crippen molar-refractivity contribution in [2.24, 2.45) is 0 Å². The van der Waals surface area contributed by atoms with Gasteiger partial charge in [0.2, 0.25) is 0 Å². The summed E-state index contributed by atoms with van der Waals surface area (Å²) in [5.41, 5.74) is 4.26. The molecular formula is C16H18LiO4P. The Hall–Kier alpha value is -1.30. The van der Waals surface area contributed by atoms with Gasteiger partial charge in [-0.05, 0) is 12.1 Å². The summed E-state index contributed by atoms with van der Waals surface area (Å²) >= 11 is 1.62. The molecule has 2 aromatic rings. The van der Waals surface area contributed by atoms with Crippen molar-refractivity contribution in [3.8, 4) is 5.75 Å². The van der Waals surface area contributed by atoms with Crippen LogP contribution in [0.15, 0.2) is 42.5 Å². The molecule has 112 valence electrons. The summed E-state index contributed by atoms with van der Waals surface area (Å²) in [7, 11) is -2.84. The summed E-state index contributed by atoms with van der Waals surface area (Å²) in [6.07, 6.45) is 0. The SMILES string of the molecule is O=[PH](O)Oc1ccccc1.[Li][C](=O)c1c(C)cc(C)cc1C. The molecule has 4 nitrogen and oxygen atoms in total. The van der Waals surface area contributed by atoms with Gasteiger partial charge in [-0.1, -0.05) is 18.2 Å². The number of carbonyl (C=O) groups excluding carboxylic acids is 1. The van der Waals surface area contributed by atoms with Crippen LogP contribution in [-0.2, 0) is 4.57 Å². The number of para-hydroxylation sites is 1. The molecule has 2 aromatic carbocycles. The molecule has 6 heteroatoms. The first-order valence-electron chi connectivity index (χ1n) is 6.86. The van der Waals surface area contributed by atoms with Crippen molar-refractivity contribution in [1.29, 1.82) is 0 Å². The first-order valence-corrected chi connectivity index (χ1v) is 8.12. The average molecular weight is 312 g/mol. The van der Waals surface area contributed by atoms with Crippen LogP contribution in [0, 0.1) is 20.8 Å². The number of benzene rings is 2. The third-order valence-corrected chi connectivity index (χ3v) is 3.39. The van der Waals surface area contributed by atoms with Crippen molar-refractivity contribution in [2.75, 3.05) is 0 Å². The van der Waals surface area contributed by atoms with E-state index in [0.717, 1.165) is 16.7 Å². The molecule has 0 aliphatic rings. The molecule has 0 spiro atoms. The van der Waals surface area contributed by atoms with Gasteiger partial charge in [0.25, 0.3) is 0 Å². The van der Waals surface area contributed by atoms with Gasteiger partial charge in [0.05, 0.1) is 0 Å². The number of rotatable bonds is 3. The van der Waals surface area contributed by atoms with Crippen LogP contribution in [0.3, 0.4) is 0 Å². The van der Waals surface area contributed by atoms with E-state index in [1.807, 2.05) is 32.9 Å². The van der Waals surface area contributed by atoms with Crippen LogP contribution in [0.2, 0.25) is 0 Å². The van der Waals surface area contributed by atoms with Crippen LogP contribution in [-0.4, -0.2) is 27.1 Å². The van der Waals surface area contributed by atoms with Gasteiger partial charge in [-0.2, -0.15) is 0 Å². The molecule has 2 rings (SSSR count). The van der Waals surface area contributed by atoms with Gasteiger partial charge in [-0.3, -0.25) is 0 Å². The summed E-state index contributed by atoms with van der Waals surface area (Å²) < 4.78 is 14.8. The van der Waals surface area contributed by atoms with E-state index in [1.54, 1.807) is 48.0 Å². The fourth-order valence-electron chi connectivity index (χ4n) is 2.32. The molecule has 1 N–H and O–H groups in total. The van der Waals surface area contributed by atoms with Gasteiger partial charge in [0.15, 0.2) is 0 Å². The molecule has 0 saturated heterocycles. The van der Waals surface area contributed by atoms with E-state index in [4.69, 9.17) is 4.89 Å². The van der Waals surface area contributed by atoms with Crippen LogP contribution in [0.25, 0.3) is 0 Å². The molecule has 22 heavy (non-hydrogen) atoms. The van der Waals surface area contributed by atoms with Gasteiger partial charge in [0, 0.05) is 0 Å². The van der Waals surface area contributed by atoms with Crippen LogP contribution < -0.4 is 4.52 Å². The number of aryl methyl sites for hydroxylation is 3. The Morgan fingerprint density at radius 3 is 2.00 bits per heavy atom. The second-order valence-electron chi connectivity index (χ2n) is 5.01. The van der Waals surface area contributed by atoms with Gasteiger partial charge in [-0.15, -0.1) is 0 Å². The van der Waals surface area contributed by atoms with Gasteiger partial charge < -0.3 is 9.42 Å². The number of hydrogen-bond donors (Lipinski definition) is 1. The summed E-state index contributed by atoms with van der Waals surface area (Å²) in [4.78, 5) is 19.5. The standard InChI is InChI=1S/C10H11O.C6H7O3P.Li/c1-7-4-8(2)10(6-11)9(3)5-7;7-10(8)9-6-4-2-1-3-5-6;/h4-5H,1-3H3;1-5,10H,(H,7,8);. The monoisotopic (exact) mass is 312 g/mol. The van der Waals surface area contributed by atoms with Crippen molar-refractivity contribution in [1.82, 2.24) is 0 Å². The number of carbonyl (C=O) groups is 1. The molecule has 0 aromatic heterocycles. The Morgan fingerprint density at radius 2 is 1.59 bits per heavy atom.